The lowest BCUT2D eigenvalue weighted by Crippen LogP contribution is -2.10. The van der Waals surface area contributed by atoms with Crippen molar-refractivity contribution >= 4 is 102 Å². The maximum atomic E-state index is 2.43. The van der Waals surface area contributed by atoms with E-state index in [0.717, 1.165) is 11.4 Å². The van der Waals surface area contributed by atoms with Crippen LogP contribution in [0.1, 0.15) is 0 Å². The second-order valence-electron chi connectivity index (χ2n) is 12.1. The van der Waals surface area contributed by atoms with Gasteiger partial charge in [-0.2, -0.15) is 0 Å². The van der Waals surface area contributed by atoms with Gasteiger partial charge in [0.15, 0.2) is 0 Å². The van der Waals surface area contributed by atoms with Crippen LogP contribution >= 0.6 is 22.7 Å². The molecule has 0 saturated heterocycles. The van der Waals surface area contributed by atoms with E-state index in [1.165, 1.54) is 78.7 Å². The lowest BCUT2D eigenvalue weighted by Gasteiger charge is -2.27. The predicted octanol–water partition coefficient (Wildman–Crippen LogP) is 13.9. The lowest BCUT2D eigenvalue weighted by molar-refractivity contribution is 1.31. The van der Waals surface area contributed by atoms with Gasteiger partial charge in [0, 0.05) is 62.5 Å². The quantitative estimate of drug-likeness (QED) is 0.186. The van der Waals surface area contributed by atoms with Crippen molar-refractivity contribution in [3.8, 4) is 11.1 Å². The Morgan fingerprint density at radius 1 is 0.362 bits per heavy atom. The minimum Gasteiger partial charge on any atom is -0.310 e. The molecule has 0 N–H and O–H groups in total. The Hall–Kier alpha value is -5.48. The van der Waals surface area contributed by atoms with E-state index >= 15 is 0 Å². The maximum absolute atomic E-state index is 2.43. The summed E-state index contributed by atoms with van der Waals surface area (Å²) < 4.78 is 5.34. The van der Waals surface area contributed by atoms with Gasteiger partial charge in [-0.25, -0.2) is 0 Å². The van der Waals surface area contributed by atoms with Crippen molar-refractivity contribution in [1.29, 1.82) is 0 Å². The van der Waals surface area contributed by atoms with Gasteiger partial charge >= 0.3 is 0 Å². The summed E-state index contributed by atoms with van der Waals surface area (Å²) in [6.07, 6.45) is 0. The van der Waals surface area contributed by atoms with E-state index < -0.39 is 0 Å². The number of nitrogens with zero attached hydrogens (tertiary/aromatic N) is 1. The first-order valence-electron chi connectivity index (χ1n) is 15.9. The number of hydrogen-bond donors (Lipinski definition) is 0. The molecule has 0 atom stereocenters. The van der Waals surface area contributed by atoms with Crippen molar-refractivity contribution < 1.29 is 0 Å². The fraction of sp³-hybridized carbons (Fsp3) is 0. The van der Waals surface area contributed by atoms with Gasteiger partial charge in [-0.3, -0.25) is 0 Å². The van der Waals surface area contributed by atoms with Crippen molar-refractivity contribution in [2.45, 2.75) is 0 Å². The Labute approximate surface area is 280 Å². The van der Waals surface area contributed by atoms with Crippen molar-refractivity contribution in [2.75, 3.05) is 4.90 Å². The molecule has 0 aliphatic carbocycles. The van der Waals surface area contributed by atoms with E-state index in [9.17, 15) is 0 Å². The van der Waals surface area contributed by atoms with Gasteiger partial charge in [-0.05, 0) is 70.4 Å². The zero-order valence-electron chi connectivity index (χ0n) is 25.4. The van der Waals surface area contributed by atoms with Crippen LogP contribution in [-0.2, 0) is 0 Å². The van der Waals surface area contributed by atoms with Crippen molar-refractivity contribution in [3.05, 3.63) is 164 Å². The fourth-order valence-electron chi connectivity index (χ4n) is 7.23. The monoisotopic (exact) mass is 633 g/mol. The van der Waals surface area contributed by atoms with Crippen LogP contribution in [0.2, 0.25) is 0 Å². The Balaban J connectivity index is 1.25. The third kappa shape index (κ3) is 4.21. The molecule has 0 unspecified atom stereocenters. The molecule has 10 aromatic rings. The maximum Gasteiger partial charge on any atom is 0.0547 e. The first kappa shape index (κ1) is 26.7. The minimum absolute atomic E-state index is 1.14. The van der Waals surface area contributed by atoms with E-state index in [0.29, 0.717) is 0 Å². The summed E-state index contributed by atoms with van der Waals surface area (Å²) in [6, 6.07) is 60.1. The summed E-state index contributed by atoms with van der Waals surface area (Å²) in [5, 5.41) is 10.3. The molecule has 0 fully saturated rings. The van der Waals surface area contributed by atoms with Crippen molar-refractivity contribution in [3.63, 3.8) is 0 Å². The molecule has 2 heterocycles. The average molecular weight is 634 g/mol. The minimum atomic E-state index is 1.14. The summed E-state index contributed by atoms with van der Waals surface area (Å²) >= 11 is 3.79. The van der Waals surface area contributed by atoms with Gasteiger partial charge in [0.05, 0.1) is 5.69 Å². The van der Waals surface area contributed by atoms with E-state index in [2.05, 4.69) is 169 Å². The predicted molar refractivity (Wildman–Crippen MR) is 207 cm³/mol. The molecule has 0 aliphatic heterocycles. The molecule has 0 radical (unpaired) electrons. The van der Waals surface area contributed by atoms with Crippen LogP contribution in [0.5, 0.6) is 0 Å². The molecule has 47 heavy (non-hydrogen) atoms. The first-order valence-corrected chi connectivity index (χ1v) is 17.6. The Kier molecular flexibility index (Phi) is 5.98. The molecule has 3 heteroatoms. The van der Waals surface area contributed by atoms with Gasteiger partial charge in [0.2, 0.25) is 0 Å². The molecule has 8 aromatic carbocycles. The summed E-state index contributed by atoms with van der Waals surface area (Å²) in [5.41, 5.74) is 6.04. The fourth-order valence-corrected chi connectivity index (χ4v) is 9.67. The highest BCUT2D eigenvalue weighted by Crippen LogP contribution is 2.48. The molecule has 1 nitrogen and oxygen atoms in total. The number of fused-ring (bicyclic) bond motifs is 9. The smallest absolute Gasteiger partial charge is 0.0547 e. The molecular weight excluding hydrogens is 607 g/mol. The molecule has 2 aromatic heterocycles. The summed E-state index contributed by atoms with van der Waals surface area (Å²) in [4.78, 5) is 2.43. The lowest BCUT2D eigenvalue weighted by atomic mass is 9.98. The van der Waals surface area contributed by atoms with Crippen LogP contribution in [0.3, 0.4) is 0 Å². The highest BCUT2D eigenvalue weighted by Gasteiger charge is 2.20. The van der Waals surface area contributed by atoms with E-state index in [1.807, 2.05) is 22.7 Å². The molecule has 0 amide bonds. The Morgan fingerprint density at radius 2 is 1.04 bits per heavy atom. The number of anilines is 3. The van der Waals surface area contributed by atoms with E-state index in [1.54, 1.807) is 0 Å². The Bertz CT molecular complexity index is 2810. The van der Waals surface area contributed by atoms with Gasteiger partial charge in [-0.15, -0.1) is 22.7 Å². The zero-order valence-corrected chi connectivity index (χ0v) is 27.0. The highest BCUT2D eigenvalue weighted by molar-refractivity contribution is 7.27. The molecule has 0 bridgehead atoms. The second kappa shape index (κ2) is 10.5. The third-order valence-electron chi connectivity index (χ3n) is 9.42. The molecular formula is C44H27NS2. The zero-order chi connectivity index (χ0) is 30.9. The highest BCUT2D eigenvalue weighted by atomic mass is 32.1. The van der Waals surface area contributed by atoms with Crippen LogP contribution in [0.15, 0.2) is 164 Å². The number of hydrogen-bond acceptors (Lipinski definition) is 3. The van der Waals surface area contributed by atoms with E-state index in [-0.39, 0.29) is 0 Å². The first-order chi connectivity index (χ1) is 23.3. The van der Waals surface area contributed by atoms with Crippen LogP contribution in [-0.4, -0.2) is 0 Å². The average Bonchev–Trinajstić information content (AvgIpc) is 3.70. The van der Waals surface area contributed by atoms with Crippen LogP contribution in [0, 0.1) is 0 Å². The van der Waals surface area contributed by atoms with Crippen LogP contribution in [0.4, 0.5) is 17.1 Å². The van der Waals surface area contributed by atoms with E-state index in [4.69, 9.17) is 0 Å². The second-order valence-corrected chi connectivity index (χ2v) is 14.2. The number of thiophene rings is 2. The third-order valence-corrected chi connectivity index (χ3v) is 11.9. The molecule has 0 saturated carbocycles. The molecule has 10 rings (SSSR count). The SMILES string of the molecule is c1ccc(N(c2ccc3ccccc3c2)c2cc3c4cc(-c5cccc6c5sc5ccccc56)ccc4sc3c3ccccc23)cc1. The Morgan fingerprint density at radius 3 is 1.94 bits per heavy atom. The van der Waals surface area contributed by atoms with Gasteiger partial charge in [0.25, 0.3) is 0 Å². The summed E-state index contributed by atoms with van der Waals surface area (Å²) in [5.74, 6) is 0. The molecule has 0 spiro atoms. The molecule has 220 valence electrons. The van der Waals surface area contributed by atoms with Crippen LogP contribution in [0.25, 0.3) is 73.0 Å². The number of benzene rings is 8. The largest absolute Gasteiger partial charge is 0.310 e. The normalized spacial score (nSPS) is 11.8. The standard InChI is InChI=1S/C44H27NS2/c1-2-13-31(14-3-1)45(32-23-21-28-11-4-5-12-29(28)25-32)40-27-39-38-26-30(22-24-42(38)47-44(39)36-17-7-6-15-34(36)40)33-18-10-19-37-35-16-8-9-20-41(35)46-43(33)37/h1-27H. The van der Waals surface area contributed by atoms with Gasteiger partial charge in [0.1, 0.15) is 0 Å². The van der Waals surface area contributed by atoms with Gasteiger partial charge in [-0.1, -0.05) is 115 Å². The molecule has 0 aliphatic rings. The summed E-state index contributed by atoms with van der Waals surface area (Å²) in [6.45, 7) is 0. The van der Waals surface area contributed by atoms with Crippen molar-refractivity contribution in [1.82, 2.24) is 0 Å². The topological polar surface area (TPSA) is 3.24 Å². The summed E-state index contributed by atoms with van der Waals surface area (Å²) in [7, 11) is 0. The van der Waals surface area contributed by atoms with Crippen molar-refractivity contribution in [2.24, 2.45) is 0 Å². The number of para-hydroxylation sites is 1. The van der Waals surface area contributed by atoms with Gasteiger partial charge < -0.3 is 4.90 Å². The number of rotatable bonds is 4. The van der Waals surface area contributed by atoms with Crippen LogP contribution < -0.4 is 4.90 Å².